The van der Waals surface area contributed by atoms with Gasteiger partial charge in [-0.25, -0.2) is 0 Å². The minimum absolute atomic E-state index is 0.00950. The van der Waals surface area contributed by atoms with Crippen molar-refractivity contribution in [2.75, 3.05) is 26.2 Å². The third-order valence-electron chi connectivity index (χ3n) is 4.00. The van der Waals surface area contributed by atoms with E-state index in [1.54, 1.807) is 0 Å². The van der Waals surface area contributed by atoms with Crippen LogP contribution in [0.15, 0.2) is 12.1 Å². The first-order valence-corrected chi connectivity index (χ1v) is 8.17. The molecule has 0 saturated carbocycles. The number of benzene rings is 1. The largest absolute Gasteiger partial charge is 0.788 e. The molecule has 0 atom stereocenters. The highest BCUT2D eigenvalue weighted by molar-refractivity contribution is 6.40. The van der Waals surface area contributed by atoms with Crippen LogP contribution in [-0.2, 0) is 10.1 Å². The van der Waals surface area contributed by atoms with Crippen molar-refractivity contribution < 1.29 is 14.0 Å². The first-order chi connectivity index (χ1) is 10.3. The van der Waals surface area contributed by atoms with Gasteiger partial charge in [0.1, 0.15) is 11.5 Å². The van der Waals surface area contributed by atoms with E-state index in [1.807, 2.05) is 6.07 Å². The lowest BCUT2D eigenvalue weighted by Crippen LogP contribution is -2.34. The Hall–Kier alpha value is -1.20. The summed E-state index contributed by atoms with van der Waals surface area (Å²) in [6.07, 6.45) is 0. The summed E-state index contributed by atoms with van der Waals surface area (Å²) in [6, 6.07) is 4.18. The van der Waals surface area contributed by atoms with Crippen LogP contribution in [0.4, 0.5) is 0 Å². The van der Waals surface area contributed by atoms with Gasteiger partial charge in [0.15, 0.2) is 0 Å². The molecule has 1 aromatic rings. The molecule has 0 fully saturated rings. The second-order valence-corrected chi connectivity index (χ2v) is 6.81. The molecule has 0 radical (unpaired) electrons. The van der Waals surface area contributed by atoms with Gasteiger partial charge in [-0.1, -0.05) is 40.7 Å². The Morgan fingerprint density at radius 1 is 1.14 bits per heavy atom. The first kappa shape index (κ1) is 17.2. The summed E-state index contributed by atoms with van der Waals surface area (Å²) in [5, 5.41) is 0. The van der Waals surface area contributed by atoms with Crippen molar-refractivity contribution >= 4 is 7.32 Å². The van der Waals surface area contributed by atoms with Crippen molar-refractivity contribution in [3.8, 4) is 11.5 Å². The van der Waals surface area contributed by atoms with E-state index in [4.69, 9.17) is 14.0 Å². The summed E-state index contributed by atoms with van der Waals surface area (Å²) in [6.45, 7) is 16.5. The van der Waals surface area contributed by atoms with E-state index in [2.05, 4.69) is 52.5 Å². The van der Waals surface area contributed by atoms with Gasteiger partial charge < -0.3 is 18.9 Å². The minimum Gasteiger partial charge on any atom is -0.498 e. The molecule has 0 aromatic heterocycles. The second-order valence-electron chi connectivity index (χ2n) is 6.81. The van der Waals surface area contributed by atoms with Crippen molar-refractivity contribution in [1.82, 2.24) is 4.90 Å². The normalized spacial score (nSPS) is 14.0. The minimum atomic E-state index is -0.631. The molecule has 0 unspecified atom stereocenters. The lowest BCUT2D eigenvalue weighted by atomic mass is 9.85. The van der Waals surface area contributed by atoms with Crippen LogP contribution in [-0.4, -0.2) is 38.5 Å². The molecule has 1 aromatic carbocycles. The zero-order chi connectivity index (χ0) is 16.3. The number of rotatable bonds is 6. The van der Waals surface area contributed by atoms with Crippen LogP contribution in [0.25, 0.3) is 0 Å². The topological polar surface area (TPSA) is 30.9 Å². The summed E-state index contributed by atoms with van der Waals surface area (Å²) < 4.78 is 17.5. The van der Waals surface area contributed by atoms with E-state index in [0.717, 1.165) is 36.7 Å². The molecule has 122 valence electrons. The molecule has 0 saturated heterocycles. The van der Waals surface area contributed by atoms with E-state index in [0.29, 0.717) is 6.61 Å². The molecule has 0 spiro atoms. The van der Waals surface area contributed by atoms with Crippen LogP contribution in [0.2, 0.25) is 0 Å². The zero-order valence-corrected chi connectivity index (χ0v) is 14.7. The van der Waals surface area contributed by atoms with E-state index < -0.39 is 7.32 Å². The van der Waals surface area contributed by atoms with Crippen LogP contribution in [0, 0.1) is 6.92 Å². The van der Waals surface area contributed by atoms with Crippen molar-refractivity contribution in [3.63, 3.8) is 0 Å². The van der Waals surface area contributed by atoms with Gasteiger partial charge in [0, 0.05) is 18.7 Å². The Labute approximate surface area is 134 Å². The summed E-state index contributed by atoms with van der Waals surface area (Å²) in [5.74, 6) is 1.61. The summed E-state index contributed by atoms with van der Waals surface area (Å²) in [7, 11) is -0.631. The van der Waals surface area contributed by atoms with Gasteiger partial charge >= 0.3 is 7.32 Å². The fourth-order valence-corrected chi connectivity index (χ4v) is 2.62. The smallest absolute Gasteiger partial charge is 0.498 e. The molecule has 1 aliphatic heterocycles. The van der Waals surface area contributed by atoms with Gasteiger partial charge in [0.25, 0.3) is 0 Å². The predicted molar refractivity (Wildman–Crippen MR) is 90.6 cm³/mol. The number of hydrogen-bond donors (Lipinski definition) is 0. The van der Waals surface area contributed by atoms with Crippen molar-refractivity contribution in [1.29, 1.82) is 0 Å². The van der Waals surface area contributed by atoms with Crippen molar-refractivity contribution in [3.05, 3.63) is 23.3 Å². The molecule has 5 heteroatoms. The maximum atomic E-state index is 5.91. The van der Waals surface area contributed by atoms with Crippen molar-refractivity contribution in [2.45, 2.75) is 47.0 Å². The summed E-state index contributed by atoms with van der Waals surface area (Å²) in [5.41, 5.74) is 2.35. The van der Waals surface area contributed by atoms with Crippen LogP contribution < -0.4 is 9.31 Å². The first-order valence-electron chi connectivity index (χ1n) is 8.17. The standard InChI is InChI=1S/C17H28BNO3/c1-7-19(8-2)9-10-20-18-21-15-12-13(3)11-14(16(15)22-18)17(4,5)6/h11-12H,7-10H2,1-6H3. The number of likely N-dealkylation sites (N-methyl/N-ethyl adjacent to an activating group) is 1. The van der Waals surface area contributed by atoms with Gasteiger partial charge in [0.05, 0.1) is 0 Å². The van der Waals surface area contributed by atoms with E-state index >= 15 is 0 Å². The molecular weight excluding hydrogens is 277 g/mol. The van der Waals surface area contributed by atoms with E-state index in [9.17, 15) is 0 Å². The van der Waals surface area contributed by atoms with Gasteiger partial charge in [-0.2, -0.15) is 0 Å². The van der Waals surface area contributed by atoms with Gasteiger partial charge in [-0.3, -0.25) is 0 Å². The number of hydrogen-bond acceptors (Lipinski definition) is 4. The van der Waals surface area contributed by atoms with Gasteiger partial charge in [-0.15, -0.1) is 0 Å². The van der Waals surface area contributed by atoms with E-state index in [-0.39, 0.29) is 5.41 Å². The third-order valence-corrected chi connectivity index (χ3v) is 4.00. The Morgan fingerprint density at radius 3 is 2.41 bits per heavy atom. The molecule has 0 bridgehead atoms. The predicted octanol–water partition coefficient (Wildman–Crippen LogP) is 3.41. The van der Waals surface area contributed by atoms with Crippen molar-refractivity contribution in [2.24, 2.45) is 0 Å². The highest BCUT2D eigenvalue weighted by atomic mass is 16.8. The average Bonchev–Trinajstić information content (AvgIpc) is 2.84. The molecule has 22 heavy (non-hydrogen) atoms. The average molecular weight is 305 g/mol. The third kappa shape index (κ3) is 3.96. The molecular formula is C17H28BNO3. The SMILES string of the molecule is CCN(CC)CCOB1Oc2cc(C)cc(C(C)(C)C)c2O1. The van der Waals surface area contributed by atoms with Crippen LogP contribution in [0.3, 0.4) is 0 Å². The highest BCUT2D eigenvalue weighted by Gasteiger charge is 2.38. The Kier molecular flexibility index (Phi) is 5.40. The van der Waals surface area contributed by atoms with Crippen LogP contribution >= 0.6 is 0 Å². The molecule has 0 N–H and O–H groups in total. The van der Waals surface area contributed by atoms with Gasteiger partial charge in [0.2, 0.25) is 0 Å². The Morgan fingerprint density at radius 2 is 1.82 bits per heavy atom. The molecule has 0 amide bonds. The zero-order valence-electron chi connectivity index (χ0n) is 14.7. The van der Waals surface area contributed by atoms with Crippen LogP contribution in [0.1, 0.15) is 45.7 Å². The fraction of sp³-hybridized carbons (Fsp3) is 0.647. The molecule has 2 rings (SSSR count). The molecule has 0 aliphatic carbocycles. The second kappa shape index (κ2) is 6.92. The lowest BCUT2D eigenvalue weighted by Gasteiger charge is -2.22. The maximum Gasteiger partial charge on any atom is 0.788 e. The van der Waals surface area contributed by atoms with Gasteiger partial charge in [-0.05, 0) is 37.1 Å². The monoisotopic (exact) mass is 305 g/mol. The maximum absolute atomic E-state index is 5.91. The molecule has 1 heterocycles. The Bertz CT molecular complexity index is 509. The number of nitrogens with zero attached hydrogens (tertiary/aromatic N) is 1. The quantitative estimate of drug-likeness (QED) is 0.754. The Balaban J connectivity index is 2.01. The number of aryl methyl sites for hydroxylation is 1. The molecule has 1 aliphatic rings. The fourth-order valence-electron chi connectivity index (χ4n) is 2.62. The van der Waals surface area contributed by atoms with Crippen LogP contribution in [0.5, 0.6) is 11.5 Å². The summed E-state index contributed by atoms with van der Waals surface area (Å²) in [4.78, 5) is 2.31. The summed E-state index contributed by atoms with van der Waals surface area (Å²) >= 11 is 0. The van der Waals surface area contributed by atoms with E-state index in [1.165, 1.54) is 5.56 Å². The molecule has 4 nitrogen and oxygen atoms in total. The lowest BCUT2D eigenvalue weighted by molar-refractivity contribution is 0.178. The highest BCUT2D eigenvalue weighted by Crippen LogP contribution is 2.43. The number of fused-ring (bicyclic) bond motifs is 1.